The Balaban J connectivity index is 2.15. The average molecular weight is 312 g/mol. The molecular formula is C15H22FN2O2P. The van der Waals surface area contributed by atoms with Gasteiger partial charge in [0.25, 0.3) is 0 Å². The molecule has 1 heterocycles. The second-order valence-electron chi connectivity index (χ2n) is 5.23. The van der Waals surface area contributed by atoms with Gasteiger partial charge in [-0.1, -0.05) is 6.92 Å². The first-order chi connectivity index (χ1) is 10.1. The molecule has 1 aliphatic rings. The van der Waals surface area contributed by atoms with Crippen LogP contribution in [0.15, 0.2) is 18.2 Å². The van der Waals surface area contributed by atoms with Gasteiger partial charge in [-0.3, -0.25) is 4.90 Å². The van der Waals surface area contributed by atoms with Crippen molar-refractivity contribution in [1.82, 2.24) is 0 Å². The zero-order valence-electron chi connectivity index (χ0n) is 12.7. The number of rotatable bonds is 6. The van der Waals surface area contributed by atoms with Crippen molar-refractivity contribution >= 4 is 26.0 Å². The number of hydrogen-bond donors (Lipinski definition) is 0. The van der Waals surface area contributed by atoms with Crippen LogP contribution in [0.5, 0.6) is 0 Å². The van der Waals surface area contributed by atoms with Crippen LogP contribution in [0.3, 0.4) is 0 Å². The first-order valence-electron chi connectivity index (χ1n) is 7.20. The fourth-order valence-electron chi connectivity index (χ4n) is 2.50. The molecule has 0 aromatic heterocycles. The highest BCUT2D eigenvalue weighted by Crippen LogP contribution is 2.28. The average Bonchev–Trinajstić information content (AvgIpc) is 2.80. The first-order valence-corrected chi connectivity index (χ1v) is 8.91. The molecule has 1 fully saturated rings. The van der Waals surface area contributed by atoms with Crippen molar-refractivity contribution in [2.75, 3.05) is 42.8 Å². The van der Waals surface area contributed by atoms with E-state index in [0.29, 0.717) is 17.9 Å². The van der Waals surface area contributed by atoms with Crippen molar-refractivity contribution in [3.05, 3.63) is 24.0 Å². The van der Waals surface area contributed by atoms with Crippen LogP contribution in [0.1, 0.15) is 13.3 Å². The van der Waals surface area contributed by atoms with Crippen molar-refractivity contribution in [3.63, 3.8) is 0 Å². The van der Waals surface area contributed by atoms with Crippen LogP contribution >= 0.6 is 8.58 Å². The lowest BCUT2D eigenvalue weighted by molar-refractivity contribution is 0.151. The molecule has 1 amide bonds. The largest absolute Gasteiger partial charge is 0.444 e. The molecule has 6 heteroatoms. The van der Waals surface area contributed by atoms with Crippen LogP contribution in [0.2, 0.25) is 0 Å². The van der Waals surface area contributed by atoms with E-state index in [-0.39, 0.29) is 18.0 Å². The smallest absolute Gasteiger partial charge is 0.414 e. The van der Waals surface area contributed by atoms with Crippen LogP contribution in [0.25, 0.3) is 0 Å². The van der Waals surface area contributed by atoms with Crippen molar-refractivity contribution in [3.8, 4) is 0 Å². The molecule has 2 rings (SSSR count). The summed E-state index contributed by atoms with van der Waals surface area (Å²) < 4.78 is 19.5. The molecule has 2 atom stereocenters. The molecular weight excluding hydrogens is 290 g/mol. The molecule has 0 saturated carbocycles. The molecule has 0 N–H and O–H groups in total. The maximum Gasteiger partial charge on any atom is 0.414 e. The molecule has 21 heavy (non-hydrogen) atoms. The number of ether oxygens (including phenoxy) is 1. The summed E-state index contributed by atoms with van der Waals surface area (Å²) in [4.78, 5) is 15.3. The van der Waals surface area contributed by atoms with Crippen LogP contribution in [-0.2, 0) is 4.74 Å². The number of nitrogens with zero attached hydrogens (tertiary/aromatic N) is 2. The van der Waals surface area contributed by atoms with E-state index in [9.17, 15) is 9.18 Å². The number of cyclic esters (lactones) is 1. The highest BCUT2D eigenvalue weighted by molar-refractivity contribution is 7.37. The highest BCUT2D eigenvalue weighted by Gasteiger charge is 2.32. The molecule has 0 spiro atoms. The Morgan fingerprint density at radius 1 is 1.52 bits per heavy atom. The monoisotopic (exact) mass is 312 g/mol. The van der Waals surface area contributed by atoms with E-state index >= 15 is 0 Å². The summed E-state index contributed by atoms with van der Waals surface area (Å²) in [6.45, 7) is 5.43. The molecule has 1 unspecified atom stereocenters. The predicted molar refractivity (Wildman–Crippen MR) is 86.7 cm³/mol. The summed E-state index contributed by atoms with van der Waals surface area (Å²) in [5.74, 6) is -0.308. The lowest BCUT2D eigenvalue weighted by Gasteiger charge is -2.21. The van der Waals surface area contributed by atoms with Gasteiger partial charge in [-0.05, 0) is 31.3 Å². The molecule has 4 nitrogen and oxygen atoms in total. The molecule has 116 valence electrons. The lowest BCUT2D eigenvalue weighted by atomic mass is 10.2. The van der Waals surface area contributed by atoms with Crippen LogP contribution in [-0.4, -0.2) is 45.2 Å². The zero-order chi connectivity index (χ0) is 15.4. The Morgan fingerprint density at radius 2 is 2.29 bits per heavy atom. The summed E-state index contributed by atoms with van der Waals surface area (Å²) in [5, 5.41) is 0. The van der Waals surface area contributed by atoms with Crippen molar-refractivity contribution in [2.24, 2.45) is 0 Å². The quantitative estimate of drug-likeness (QED) is 0.756. The first kappa shape index (κ1) is 16.0. The van der Waals surface area contributed by atoms with Gasteiger partial charge in [-0.15, -0.1) is 8.58 Å². The Kier molecular flexibility index (Phi) is 5.40. The minimum absolute atomic E-state index is 0.0775. The number of benzene rings is 1. The highest BCUT2D eigenvalue weighted by atomic mass is 31.1. The van der Waals surface area contributed by atoms with Gasteiger partial charge in [0, 0.05) is 19.8 Å². The SMILES string of the molecule is CCCN(C)c1ccc(N2C[C@H](CPC)OC2=O)cc1F. The third kappa shape index (κ3) is 3.65. The van der Waals surface area contributed by atoms with Gasteiger partial charge in [0.1, 0.15) is 11.9 Å². The fraction of sp³-hybridized carbons (Fsp3) is 0.533. The Hall–Kier alpha value is -1.35. The second-order valence-corrected chi connectivity index (χ2v) is 6.35. The van der Waals surface area contributed by atoms with Gasteiger partial charge in [-0.2, -0.15) is 0 Å². The van der Waals surface area contributed by atoms with E-state index in [1.807, 2.05) is 11.9 Å². The summed E-state index contributed by atoms with van der Waals surface area (Å²) in [5.41, 5.74) is 1.12. The van der Waals surface area contributed by atoms with Crippen LogP contribution < -0.4 is 9.80 Å². The van der Waals surface area contributed by atoms with Gasteiger partial charge in [0.2, 0.25) is 0 Å². The normalized spacial score (nSPS) is 18.6. The maximum absolute atomic E-state index is 14.2. The summed E-state index contributed by atoms with van der Waals surface area (Å²) in [7, 11) is 2.60. The van der Waals surface area contributed by atoms with Gasteiger partial charge in [0.05, 0.1) is 17.9 Å². The third-order valence-electron chi connectivity index (χ3n) is 3.52. The molecule has 1 aliphatic heterocycles. The third-order valence-corrected chi connectivity index (χ3v) is 4.38. The van der Waals surface area contributed by atoms with Crippen LogP contribution in [0.4, 0.5) is 20.6 Å². The van der Waals surface area contributed by atoms with E-state index in [2.05, 4.69) is 13.6 Å². The van der Waals surface area contributed by atoms with Crippen molar-refractivity contribution < 1.29 is 13.9 Å². The molecule has 1 aromatic rings. The Bertz CT molecular complexity index is 512. The number of halogens is 1. The van der Waals surface area contributed by atoms with Gasteiger partial charge in [-0.25, -0.2) is 9.18 Å². The van der Waals surface area contributed by atoms with E-state index in [1.165, 1.54) is 11.0 Å². The number of carbonyl (C=O) groups excluding carboxylic acids is 1. The molecule has 0 bridgehead atoms. The minimum atomic E-state index is -0.382. The van der Waals surface area contributed by atoms with Gasteiger partial charge < -0.3 is 9.64 Å². The van der Waals surface area contributed by atoms with Gasteiger partial charge in [0.15, 0.2) is 0 Å². The topological polar surface area (TPSA) is 32.8 Å². The van der Waals surface area contributed by atoms with Crippen LogP contribution in [0, 0.1) is 5.82 Å². The Morgan fingerprint density at radius 3 is 2.90 bits per heavy atom. The van der Waals surface area contributed by atoms with E-state index in [1.54, 1.807) is 12.1 Å². The molecule has 1 saturated heterocycles. The summed E-state index contributed by atoms with van der Waals surface area (Å²) >= 11 is 0. The zero-order valence-corrected chi connectivity index (χ0v) is 13.7. The predicted octanol–water partition coefficient (Wildman–Crippen LogP) is 3.31. The van der Waals surface area contributed by atoms with E-state index in [0.717, 1.165) is 27.7 Å². The van der Waals surface area contributed by atoms with E-state index in [4.69, 9.17) is 4.74 Å². The lowest BCUT2D eigenvalue weighted by Crippen LogP contribution is -2.25. The minimum Gasteiger partial charge on any atom is -0.444 e. The van der Waals surface area contributed by atoms with Crippen molar-refractivity contribution in [2.45, 2.75) is 19.4 Å². The maximum atomic E-state index is 14.2. The second kappa shape index (κ2) is 7.08. The summed E-state index contributed by atoms with van der Waals surface area (Å²) in [6, 6.07) is 4.92. The Labute approximate surface area is 127 Å². The van der Waals surface area contributed by atoms with Gasteiger partial charge >= 0.3 is 6.09 Å². The number of hydrogen-bond acceptors (Lipinski definition) is 3. The van der Waals surface area contributed by atoms with E-state index < -0.39 is 0 Å². The number of anilines is 2. The standard InChI is InChI=1S/C15H22FN2O2P/c1-4-7-17(2)14-6-5-11(8-13(14)16)18-9-12(10-21-3)20-15(18)19/h5-6,8,12,21H,4,7,9-10H2,1-3H3/t12-/m1/s1. The molecule has 1 aromatic carbocycles. The number of carbonyl (C=O) groups is 1. The fourth-order valence-corrected chi connectivity index (χ4v) is 3.16. The van der Waals surface area contributed by atoms with Crippen molar-refractivity contribution in [1.29, 1.82) is 0 Å². The molecule has 0 radical (unpaired) electrons. The number of amides is 1. The molecule has 0 aliphatic carbocycles. The summed E-state index contributed by atoms with van der Waals surface area (Å²) in [6.07, 6.45) is 1.36.